The number of carbonyl (C=O) groups is 1. The predicted octanol–water partition coefficient (Wildman–Crippen LogP) is 3.38. The Hall–Kier alpha value is -2.82. The molecule has 0 aliphatic carbocycles. The average molecular weight is 493 g/mol. The van der Waals surface area contributed by atoms with Crippen molar-refractivity contribution in [2.75, 3.05) is 26.2 Å². The number of hydrogen-bond acceptors (Lipinski definition) is 6. The molecule has 1 saturated heterocycles. The van der Waals surface area contributed by atoms with Crippen LogP contribution in [0.5, 0.6) is 0 Å². The molecule has 2 aromatic carbocycles. The summed E-state index contributed by atoms with van der Waals surface area (Å²) < 4.78 is 45.4. The molecule has 0 radical (unpaired) electrons. The molecule has 33 heavy (non-hydrogen) atoms. The van der Waals surface area contributed by atoms with Gasteiger partial charge in [-0.05, 0) is 55.0 Å². The van der Waals surface area contributed by atoms with Crippen molar-refractivity contribution in [1.29, 1.82) is 0 Å². The highest BCUT2D eigenvalue weighted by molar-refractivity contribution is 7.89. The summed E-state index contributed by atoms with van der Waals surface area (Å²) in [5, 5.41) is 4.55. The minimum atomic E-state index is -3.75. The topological polar surface area (TPSA) is 96.6 Å². The van der Waals surface area contributed by atoms with Gasteiger partial charge < -0.3 is 9.42 Å². The number of aromatic nitrogens is 2. The Morgan fingerprint density at radius 1 is 1.03 bits per heavy atom. The van der Waals surface area contributed by atoms with Crippen LogP contribution in [0.3, 0.4) is 0 Å². The van der Waals surface area contributed by atoms with Gasteiger partial charge in [0.25, 0.3) is 0 Å². The van der Waals surface area contributed by atoms with E-state index in [9.17, 15) is 17.6 Å². The van der Waals surface area contributed by atoms with E-state index in [0.717, 1.165) is 17.7 Å². The highest BCUT2D eigenvalue weighted by atomic mass is 35.5. The summed E-state index contributed by atoms with van der Waals surface area (Å²) in [5.41, 5.74) is 0.760. The molecule has 0 N–H and O–H groups in total. The third-order valence-electron chi connectivity index (χ3n) is 5.38. The third kappa shape index (κ3) is 5.58. The van der Waals surface area contributed by atoms with E-state index < -0.39 is 15.8 Å². The van der Waals surface area contributed by atoms with E-state index in [2.05, 4.69) is 10.1 Å². The molecular formula is C22H22ClFN4O4S. The second-order valence-electron chi connectivity index (χ2n) is 7.61. The molecule has 1 fully saturated rings. The van der Waals surface area contributed by atoms with Crippen molar-refractivity contribution in [2.24, 2.45) is 0 Å². The average Bonchev–Trinajstić information content (AvgIpc) is 3.13. The number of sulfonamides is 1. The summed E-state index contributed by atoms with van der Waals surface area (Å²) in [5.74, 6) is 0.166. The smallest absolute Gasteiger partial charge is 0.243 e. The molecule has 2 heterocycles. The number of nitrogens with zero attached hydrogens (tertiary/aromatic N) is 4. The molecule has 4 rings (SSSR count). The van der Waals surface area contributed by atoms with Gasteiger partial charge in [-0.1, -0.05) is 16.8 Å². The van der Waals surface area contributed by atoms with E-state index in [1.165, 1.54) is 16.4 Å². The number of aryl methyl sites for hydroxylation is 1. The fourth-order valence-corrected chi connectivity index (χ4v) is 5.18. The second kappa shape index (κ2) is 9.98. The normalized spacial score (nSPS) is 15.4. The van der Waals surface area contributed by atoms with Crippen LogP contribution in [0.2, 0.25) is 5.02 Å². The van der Waals surface area contributed by atoms with E-state index >= 15 is 0 Å². The molecule has 11 heteroatoms. The first-order chi connectivity index (χ1) is 15.8. The van der Waals surface area contributed by atoms with Crippen molar-refractivity contribution in [3.63, 3.8) is 0 Å². The van der Waals surface area contributed by atoms with Crippen molar-refractivity contribution in [2.45, 2.75) is 24.2 Å². The molecule has 3 aromatic rings. The van der Waals surface area contributed by atoms with Gasteiger partial charge in [-0.25, -0.2) is 12.8 Å². The van der Waals surface area contributed by atoms with Gasteiger partial charge in [0, 0.05) is 49.6 Å². The second-order valence-corrected chi connectivity index (χ2v) is 9.99. The first-order valence-electron chi connectivity index (χ1n) is 10.4. The van der Waals surface area contributed by atoms with Crippen molar-refractivity contribution in [3.05, 3.63) is 65.3 Å². The number of rotatable bonds is 6. The zero-order valence-electron chi connectivity index (χ0n) is 17.7. The van der Waals surface area contributed by atoms with Crippen LogP contribution >= 0.6 is 11.6 Å². The van der Waals surface area contributed by atoms with Gasteiger partial charge >= 0.3 is 0 Å². The Labute approximate surface area is 196 Å². The maximum Gasteiger partial charge on any atom is 0.243 e. The lowest BCUT2D eigenvalue weighted by Crippen LogP contribution is -2.37. The largest absolute Gasteiger partial charge is 0.341 e. The molecule has 0 bridgehead atoms. The lowest BCUT2D eigenvalue weighted by molar-refractivity contribution is -0.131. The van der Waals surface area contributed by atoms with Crippen LogP contribution in [0, 0.1) is 5.82 Å². The molecule has 0 atom stereocenters. The Bertz CT molecular complexity index is 1220. The van der Waals surface area contributed by atoms with Crippen LogP contribution in [0.4, 0.5) is 4.39 Å². The lowest BCUT2D eigenvalue weighted by Gasteiger charge is -2.22. The predicted molar refractivity (Wildman–Crippen MR) is 119 cm³/mol. The van der Waals surface area contributed by atoms with Crippen LogP contribution in [-0.4, -0.2) is 59.8 Å². The van der Waals surface area contributed by atoms with Crippen LogP contribution in [0.25, 0.3) is 11.4 Å². The first kappa shape index (κ1) is 23.3. The van der Waals surface area contributed by atoms with Gasteiger partial charge in [-0.15, -0.1) is 0 Å². The molecule has 1 amide bonds. The lowest BCUT2D eigenvalue weighted by atomic mass is 10.2. The SMILES string of the molecule is O=C(CCc1nc(-c2ccc(Cl)cc2)no1)N1CCCN(S(=O)(=O)c2ccc(F)cc2)CC1. The molecule has 1 aliphatic heterocycles. The van der Waals surface area contributed by atoms with E-state index in [0.29, 0.717) is 29.7 Å². The molecule has 174 valence electrons. The maximum atomic E-state index is 13.1. The summed E-state index contributed by atoms with van der Waals surface area (Å²) in [6.07, 6.45) is 0.966. The van der Waals surface area contributed by atoms with E-state index in [-0.39, 0.29) is 43.3 Å². The van der Waals surface area contributed by atoms with E-state index in [1.54, 1.807) is 29.2 Å². The Morgan fingerprint density at radius 2 is 1.76 bits per heavy atom. The highest BCUT2D eigenvalue weighted by Gasteiger charge is 2.28. The molecule has 8 nitrogen and oxygen atoms in total. The summed E-state index contributed by atoms with van der Waals surface area (Å²) >= 11 is 5.89. The van der Waals surface area contributed by atoms with Crippen LogP contribution in [0.15, 0.2) is 57.9 Å². The Balaban J connectivity index is 1.33. The minimum absolute atomic E-state index is 0.0385. The molecular weight excluding hydrogens is 471 g/mol. The van der Waals surface area contributed by atoms with Crippen molar-refractivity contribution >= 4 is 27.5 Å². The fraction of sp³-hybridized carbons (Fsp3) is 0.318. The van der Waals surface area contributed by atoms with Gasteiger partial charge in [-0.2, -0.15) is 9.29 Å². The molecule has 0 saturated carbocycles. The fourth-order valence-electron chi connectivity index (χ4n) is 3.58. The van der Waals surface area contributed by atoms with Gasteiger partial charge in [0.2, 0.25) is 27.6 Å². The van der Waals surface area contributed by atoms with Crippen LogP contribution < -0.4 is 0 Å². The number of hydrogen-bond donors (Lipinski definition) is 0. The summed E-state index contributed by atoms with van der Waals surface area (Å²) in [6, 6.07) is 11.8. The monoisotopic (exact) mass is 492 g/mol. The Morgan fingerprint density at radius 3 is 2.48 bits per heavy atom. The number of carbonyl (C=O) groups excluding carboxylic acids is 1. The number of halogens is 2. The van der Waals surface area contributed by atoms with E-state index in [1.807, 2.05) is 0 Å². The first-order valence-corrected chi connectivity index (χ1v) is 12.3. The zero-order chi connectivity index (χ0) is 23.4. The Kier molecular flexibility index (Phi) is 7.06. The van der Waals surface area contributed by atoms with E-state index in [4.69, 9.17) is 16.1 Å². The molecule has 1 aromatic heterocycles. The standard InChI is InChI=1S/C22H22ClFN4O4S/c23-17-4-2-16(3-5-17)22-25-20(32-26-22)10-11-21(29)27-12-1-13-28(15-14-27)33(30,31)19-8-6-18(24)7-9-19/h2-9H,1,10-15H2. The van der Waals surface area contributed by atoms with Crippen molar-refractivity contribution in [3.8, 4) is 11.4 Å². The maximum absolute atomic E-state index is 13.1. The third-order valence-corrected chi connectivity index (χ3v) is 7.55. The summed E-state index contributed by atoms with van der Waals surface area (Å²) in [4.78, 5) is 18.7. The van der Waals surface area contributed by atoms with Crippen LogP contribution in [0.1, 0.15) is 18.7 Å². The number of amides is 1. The molecule has 1 aliphatic rings. The zero-order valence-corrected chi connectivity index (χ0v) is 19.2. The van der Waals surface area contributed by atoms with Crippen molar-refractivity contribution < 1.29 is 22.1 Å². The van der Waals surface area contributed by atoms with Gasteiger partial charge in [0.15, 0.2) is 0 Å². The van der Waals surface area contributed by atoms with Gasteiger partial charge in [-0.3, -0.25) is 4.79 Å². The minimum Gasteiger partial charge on any atom is -0.341 e. The van der Waals surface area contributed by atoms with Crippen molar-refractivity contribution in [1.82, 2.24) is 19.3 Å². The highest BCUT2D eigenvalue weighted by Crippen LogP contribution is 2.20. The van der Waals surface area contributed by atoms with Gasteiger partial charge in [0.1, 0.15) is 5.82 Å². The van der Waals surface area contributed by atoms with Crippen LogP contribution in [-0.2, 0) is 21.2 Å². The molecule has 0 unspecified atom stereocenters. The summed E-state index contributed by atoms with van der Waals surface area (Å²) in [7, 11) is -3.75. The van der Waals surface area contributed by atoms with Gasteiger partial charge in [0.05, 0.1) is 4.90 Å². The quantitative estimate of drug-likeness (QED) is 0.523. The summed E-state index contributed by atoms with van der Waals surface area (Å²) in [6.45, 7) is 1.19. The molecule has 0 spiro atoms. The number of benzene rings is 2.